The molecular weight excluding hydrogens is 279 g/mol. The molecule has 1 N–H and O–H groups in total. The molecule has 0 bridgehead atoms. The van der Waals surface area contributed by atoms with E-state index in [0.717, 1.165) is 25.4 Å². The van der Waals surface area contributed by atoms with E-state index in [1.165, 1.54) is 18.9 Å². The number of aryl methyl sites for hydroxylation is 1. The number of aromatic nitrogens is 1. The number of rotatable bonds is 6. The van der Waals surface area contributed by atoms with Crippen LogP contribution in [0.15, 0.2) is 28.8 Å². The maximum Gasteiger partial charge on any atom is 0.194 e. The highest BCUT2D eigenvalue weighted by atomic mass is 35.5. The minimum absolute atomic E-state index is 0.0917. The molecule has 0 atom stereocenters. The van der Waals surface area contributed by atoms with Crippen LogP contribution in [0.5, 0.6) is 0 Å². The molecule has 20 heavy (non-hydrogen) atoms. The molecule has 1 aliphatic rings. The van der Waals surface area contributed by atoms with Crippen LogP contribution in [0.1, 0.15) is 25.2 Å². The summed E-state index contributed by atoms with van der Waals surface area (Å²) in [6.07, 6.45) is 5.85. The first-order valence-electron chi connectivity index (χ1n) is 6.86. The first kappa shape index (κ1) is 13.6. The Morgan fingerprint density at radius 3 is 3.05 bits per heavy atom. The van der Waals surface area contributed by atoms with Crippen LogP contribution in [0.25, 0.3) is 11.3 Å². The molecular formula is C15H16ClFN2O. The maximum atomic E-state index is 13.9. The third-order valence-electron chi connectivity index (χ3n) is 3.35. The minimum atomic E-state index is -0.465. The predicted molar refractivity (Wildman–Crippen MR) is 76.3 cm³/mol. The molecule has 0 amide bonds. The van der Waals surface area contributed by atoms with Crippen LogP contribution < -0.4 is 5.32 Å². The van der Waals surface area contributed by atoms with Crippen LogP contribution >= 0.6 is 11.6 Å². The number of hydrogen-bond acceptors (Lipinski definition) is 3. The normalized spacial score (nSPS) is 14.7. The Morgan fingerprint density at radius 2 is 2.25 bits per heavy atom. The van der Waals surface area contributed by atoms with E-state index in [2.05, 4.69) is 10.3 Å². The smallest absolute Gasteiger partial charge is 0.194 e. The fraction of sp³-hybridized carbons (Fsp3) is 0.400. The number of hydrogen-bond donors (Lipinski definition) is 1. The van der Waals surface area contributed by atoms with Gasteiger partial charge in [-0.25, -0.2) is 9.37 Å². The van der Waals surface area contributed by atoms with Gasteiger partial charge in [0, 0.05) is 12.5 Å². The van der Waals surface area contributed by atoms with Crippen molar-refractivity contribution in [2.45, 2.75) is 31.7 Å². The van der Waals surface area contributed by atoms with Crippen LogP contribution in [-0.2, 0) is 6.42 Å². The Morgan fingerprint density at radius 1 is 1.40 bits per heavy atom. The van der Waals surface area contributed by atoms with E-state index in [1.54, 1.807) is 18.3 Å². The van der Waals surface area contributed by atoms with Gasteiger partial charge in [0.05, 0.1) is 16.8 Å². The van der Waals surface area contributed by atoms with Crippen molar-refractivity contribution in [1.29, 1.82) is 0 Å². The second-order valence-corrected chi connectivity index (χ2v) is 5.46. The predicted octanol–water partition coefficient (Wildman–Crippen LogP) is 3.82. The van der Waals surface area contributed by atoms with Crippen LogP contribution in [0.2, 0.25) is 5.02 Å². The fourth-order valence-electron chi connectivity index (χ4n) is 2.08. The van der Waals surface area contributed by atoms with Gasteiger partial charge in [-0.05, 0) is 37.9 Å². The molecule has 2 aromatic rings. The molecule has 0 aliphatic heterocycles. The van der Waals surface area contributed by atoms with Gasteiger partial charge in [0.15, 0.2) is 17.5 Å². The summed E-state index contributed by atoms with van der Waals surface area (Å²) in [7, 11) is 0. The van der Waals surface area contributed by atoms with E-state index in [4.69, 9.17) is 16.0 Å². The Hall–Kier alpha value is -1.39. The Bertz CT molecular complexity index is 595. The van der Waals surface area contributed by atoms with Gasteiger partial charge >= 0.3 is 0 Å². The van der Waals surface area contributed by atoms with Crippen LogP contribution in [-0.4, -0.2) is 17.6 Å². The zero-order valence-electron chi connectivity index (χ0n) is 11.0. The van der Waals surface area contributed by atoms with Gasteiger partial charge in [-0.3, -0.25) is 0 Å². The van der Waals surface area contributed by atoms with Crippen molar-refractivity contribution < 1.29 is 8.81 Å². The zero-order valence-corrected chi connectivity index (χ0v) is 11.8. The minimum Gasteiger partial charge on any atom is -0.441 e. The Balaban J connectivity index is 1.62. The quantitative estimate of drug-likeness (QED) is 0.823. The van der Waals surface area contributed by atoms with E-state index in [-0.39, 0.29) is 5.02 Å². The van der Waals surface area contributed by atoms with Gasteiger partial charge in [0.1, 0.15) is 0 Å². The van der Waals surface area contributed by atoms with Crippen molar-refractivity contribution in [3.05, 3.63) is 41.1 Å². The van der Waals surface area contributed by atoms with E-state index < -0.39 is 5.82 Å². The first-order chi connectivity index (χ1) is 9.74. The highest BCUT2D eigenvalue weighted by molar-refractivity contribution is 6.31. The topological polar surface area (TPSA) is 38.1 Å². The summed E-state index contributed by atoms with van der Waals surface area (Å²) in [6.45, 7) is 0.966. The van der Waals surface area contributed by atoms with Gasteiger partial charge in [-0.2, -0.15) is 0 Å². The molecule has 1 heterocycles. The van der Waals surface area contributed by atoms with Crippen LogP contribution in [0.3, 0.4) is 0 Å². The summed E-state index contributed by atoms with van der Waals surface area (Å²) in [6, 6.07) is 5.57. The number of halogens is 2. The number of nitrogens with one attached hydrogen (secondary N) is 1. The molecule has 0 radical (unpaired) electrons. The second kappa shape index (κ2) is 5.94. The Kier molecular flexibility index (Phi) is 4.03. The summed E-state index contributed by atoms with van der Waals surface area (Å²) in [5.41, 5.74) is 0.354. The maximum absolute atomic E-state index is 13.9. The average molecular weight is 295 g/mol. The SMILES string of the molecule is Fc1c(Cl)cccc1-c1cnc(CCCNC2CC2)o1. The molecule has 1 fully saturated rings. The average Bonchev–Trinajstić information content (AvgIpc) is 3.15. The first-order valence-corrected chi connectivity index (χ1v) is 7.24. The molecule has 0 saturated heterocycles. The van der Waals surface area contributed by atoms with Crippen molar-refractivity contribution in [3.8, 4) is 11.3 Å². The van der Waals surface area contributed by atoms with Gasteiger partial charge in [0.25, 0.3) is 0 Å². The lowest BCUT2D eigenvalue weighted by molar-refractivity contribution is 0.488. The molecule has 1 aromatic heterocycles. The van der Waals surface area contributed by atoms with E-state index in [9.17, 15) is 4.39 Å². The standard InChI is InChI=1S/C15H16ClFN2O/c16-12-4-1-3-11(15(12)17)13-9-19-14(20-13)5-2-8-18-10-6-7-10/h1,3-4,9-10,18H,2,5-8H2. The monoisotopic (exact) mass is 294 g/mol. The number of oxazole rings is 1. The van der Waals surface area contributed by atoms with Crippen molar-refractivity contribution in [2.24, 2.45) is 0 Å². The number of nitrogens with zero attached hydrogens (tertiary/aromatic N) is 1. The van der Waals surface area contributed by atoms with Crippen LogP contribution in [0.4, 0.5) is 4.39 Å². The summed E-state index contributed by atoms with van der Waals surface area (Å²) < 4.78 is 19.5. The van der Waals surface area contributed by atoms with Gasteiger partial charge in [-0.1, -0.05) is 17.7 Å². The van der Waals surface area contributed by atoms with Gasteiger partial charge in [-0.15, -0.1) is 0 Å². The van der Waals surface area contributed by atoms with Crippen molar-refractivity contribution in [2.75, 3.05) is 6.54 Å². The molecule has 3 rings (SSSR count). The molecule has 5 heteroatoms. The van der Waals surface area contributed by atoms with Gasteiger partial charge < -0.3 is 9.73 Å². The van der Waals surface area contributed by atoms with E-state index in [1.807, 2.05) is 0 Å². The lowest BCUT2D eigenvalue weighted by Gasteiger charge is -2.01. The Labute approximate surface area is 122 Å². The van der Waals surface area contributed by atoms with Crippen molar-refractivity contribution >= 4 is 11.6 Å². The molecule has 0 unspecified atom stereocenters. The fourth-order valence-corrected chi connectivity index (χ4v) is 2.25. The number of benzene rings is 1. The lowest BCUT2D eigenvalue weighted by atomic mass is 10.2. The zero-order chi connectivity index (χ0) is 13.9. The largest absolute Gasteiger partial charge is 0.441 e. The molecule has 3 nitrogen and oxygen atoms in total. The van der Waals surface area contributed by atoms with Gasteiger partial charge in [0.2, 0.25) is 0 Å². The van der Waals surface area contributed by atoms with Crippen molar-refractivity contribution in [3.63, 3.8) is 0 Å². The third kappa shape index (κ3) is 3.19. The molecule has 1 aliphatic carbocycles. The highest BCUT2D eigenvalue weighted by Gasteiger charge is 2.19. The molecule has 0 spiro atoms. The highest BCUT2D eigenvalue weighted by Crippen LogP contribution is 2.28. The van der Waals surface area contributed by atoms with Crippen molar-refractivity contribution in [1.82, 2.24) is 10.3 Å². The third-order valence-corrected chi connectivity index (χ3v) is 3.64. The molecule has 1 saturated carbocycles. The summed E-state index contributed by atoms with van der Waals surface area (Å²) in [5, 5.41) is 3.53. The molecule has 1 aromatic carbocycles. The van der Waals surface area contributed by atoms with Crippen LogP contribution in [0, 0.1) is 5.82 Å². The second-order valence-electron chi connectivity index (χ2n) is 5.05. The summed E-state index contributed by atoms with van der Waals surface area (Å²) >= 11 is 5.76. The van der Waals surface area contributed by atoms with E-state index in [0.29, 0.717) is 17.2 Å². The molecule has 106 valence electrons. The summed E-state index contributed by atoms with van der Waals surface area (Å²) in [5.74, 6) is 0.597. The summed E-state index contributed by atoms with van der Waals surface area (Å²) in [4.78, 5) is 4.19. The van der Waals surface area contributed by atoms with E-state index >= 15 is 0 Å². The lowest BCUT2D eigenvalue weighted by Crippen LogP contribution is -2.17.